The molecule has 0 aliphatic heterocycles. The van der Waals surface area contributed by atoms with E-state index in [0.717, 1.165) is 19.8 Å². The smallest absolute Gasteiger partial charge is 0.407 e. The molecule has 3 atom stereocenters. The van der Waals surface area contributed by atoms with Crippen LogP contribution in [0.15, 0.2) is 54.6 Å². The second-order valence-electron chi connectivity index (χ2n) is 8.10. The average Bonchev–Trinajstić information content (AvgIpc) is 2.92. The highest BCUT2D eigenvalue weighted by molar-refractivity contribution is 5.86. The van der Waals surface area contributed by atoms with Crippen LogP contribution in [0.1, 0.15) is 29.9 Å². The minimum Gasteiger partial charge on any atom is -0.469 e. The molecular formula is C25H29N3O10. The van der Waals surface area contributed by atoms with Gasteiger partial charge in [0.25, 0.3) is 5.69 Å². The first kappa shape index (κ1) is 29.7. The number of nitro groups is 1. The van der Waals surface area contributed by atoms with Crippen LogP contribution in [0.2, 0.25) is 0 Å². The van der Waals surface area contributed by atoms with E-state index in [9.17, 15) is 34.4 Å². The molecule has 0 spiro atoms. The number of aliphatic hydroxyl groups is 1. The van der Waals surface area contributed by atoms with Crippen molar-refractivity contribution in [3.8, 4) is 0 Å². The first-order chi connectivity index (χ1) is 18.1. The van der Waals surface area contributed by atoms with Crippen LogP contribution in [-0.2, 0) is 35.2 Å². The average molecular weight is 532 g/mol. The fourth-order valence-corrected chi connectivity index (χ4v) is 3.48. The summed E-state index contributed by atoms with van der Waals surface area (Å²) in [6.07, 6.45) is -2.98. The number of nitro benzene ring substituents is 1. The molecule has 0 radical (unpaired) electrons. The van der Waals surface area contributed by atoms with E-state index in [2.05, 4.69) is 10.6 Å². The van der Waals surface area contributed by atoms with Gasteiger partial charge in [-0.15, -0.1) is 0 Å². The fraction of sp³-hybridized carbons (Fsp3) is 0.360. The summed E-state index contributed by atoms with van der Waals surface area (Å²) in [6, 6.07) is 12.7. The number of ether oxygens (including phenoxy) is 3. The third kappa shape index (κ3) is 9.50. The highest BCUT2D eigenvalue weighted by Gasteiger charge is 2.34. The van der Waals surface area contributed by atoms with Gasteiger partial charge < -0.3 is 30.0 Å². The zero-order chi connectivity index (χ0) is 28.1. The minimum absolute atomic E-state index is 0.0221. The van der Waals surface area contributed by atoms with E-state index in [0.29, 0.717) is 5.56 Å². The van der Waals surface area contributed by atoms with Crippen LogP contribution < -0.4 is 10.6 Å². The third-order valence-corrected chi connectivity index (χ3v) is 5.44. The Morgan fingerprint density at radius 2 is 1.63 bits per heavy atom. The molecule has 204 valence electrons. The lowest BCUT2D eigenvalue weighted by molar-refractivity contribution is -0.384. The number of non-ortho nitro benzene ring substituents is 1. The number of nitrogens with one attached hydrogen (secondary N) is 2. The Balaban J connectivity index is 2.03. The molecule has 3 N–H and O–H groups in total. The van der Waals surface area contributed by atoms with E-state index in [4.69, 9.17) is 14.2 Å². The molecule has 0 aliphatic carbocycles. The summed E-state index contributed by atoms with van der Waals surface area (Å²) in [6.45, 7) is -0.286. The van der Waals surface area contributed by atoms with Gasteiger partial charge in [-0.1, -0.05) is 42.5 Å². The minimum atomic E-state index is -1.39. The largest absolute Gasteiger partial charge is 0.469 e. The van der Waals surface area contributed by atoms with Crippen LogP contribution >= 0.6 is 0 Å². The van der Waals surface area contributed by atoms with E-state index in [-0.39, 0.29) is 25.3 Å². The van der Waals surface area contributed by atoms with Crippen molar-refractivity contribution >= 4 is 29.6 Å². The summed E-state index contributed by atoms with van der Waals surface area (Å²) in [7, 11) is 2.24. The molecule has 13 heteroatoms. The number of rotatable bonds is 13. The number of aliphatic hydroxyl groups excluding tert-OH is 1. The Morgan fingerprint density at radius 3 is 2.21 bits per heavy atom. The molecule has 0 saturated heterocycles. The van der Waals surface area contributed by atoms with Crippen molar-refractivity contribution in [3.63, 3.8) is 0 Å². The molecule has 0 aromatic heterocycles. The SMILES string of the molecule is COC(=O)C[C@@H](c1ccc([N+](=O)[O-])cc1)[C@@H](NC(=O)C[C@@H](O)CNC(=O)OCc1ccccc1)C(=O)OC. The maximum Gasteiger partial charge on any atom is 0.407 e. The Bertz CT molecular complexity index is 1110. The summed E-state index contributed by atoms with van der Waals surface area (Å²) in [4.78, 5) is 59.5. The summed E-state index contributed by atoms with van der Waals surface area (Å²) >= 11 is 0. The lowest BCUT2D eigenvalue weighted by Gasteiger charge is -2.26. The molecule has 38 heavy (non-hydrogen) atoms. The maximum atomic E-state index is 12.6. The second-order valence-corrected chi connectivity index (χ2v) is 8.10. The van der Waals surface area contributed by atoms with Gasteiger partial charge >= 0.3 is 18.0 Å². The van der Waals surface area contributed by atoms with Gasteiger partial charge in [0.05, 0.1) is 38.1 Å². The van der Waals surface area contributed by atoms with Crippen LogP contribution in [-0.4, -0.2) is 66.9 Å². The Morgan fingerprint density at radius 1 is 0.974 bits per heavy atom. The second kappa shape index (κ2) is 14.9. The van der Waals surface area contributed by atoms with Crippen molar-refractivity contribution in [2.45, 2.75) is 37.5 Å². The van der Waals surface area contributed by atoms with Gasteiger partial charge in [-0.3, -0.25) is 19.7 Å². The number of nitrogens with zero attached hydrogens (tertiary/aromatic N) is 1. The number of carbonyl (C=O) groups excluding carboxylic acids is 4. The van der Waals surface area contributed by atoms with Gasteiger partial charge in [0, 0.05) is 24.6 Å². The normalized spacial score (nSPS) is 12.8. The molecule has 0 fully saturated rings. The summed E-state index contributed by atoms with van der Waals surface area (Å²) in [5.74, 6) is -3.36. The molecule has 0 heterocycles. The van der Waals surface area contributed by atoms with Crippen molar-refractivity contribution < 1.29 is 43.4 Å². The van der Waals surface area contributed by atoms with Crippen LogP contribution in [0.5, 0.6) is 0 Å². The summed E-state index contributed by atoms with van der Waals surface area (Å²) in [5, 5.41) is 26.0. The lowest BCUT2D eigenvalue weighted by atomic mass is 9.88. The Hall–Kier alpha value is -4.52. The highest BCUT2D eigenvalue weighted by atomic mass is 16.6. The molecule has 0 saturated carbocycles. The zero-order valence-electron chi connectivity index (χ0n) is 20.8. The molecule has 0 bridgehead atoms. The number of hydrogen-bond donors (Lipinski definition) is 3. The molecule has 0 aliphatic rings. The topological polar surface area (TPSA) is 183 Å². The van der Waals surface area contributed by atoms with E-state index < -0.39 is 53.3 Å². The quantitative estimate of drug-likeness (QED) is 0.148. The van der Waals surface area contributed by atoms with Crippen molar-refractivity contribution in [2.24, 2.45) is 0 Å². The van der Waals surface area contributed by atoms with Crippen LogP contribution in [0.3, 0.4) is 0 Å². The predicted molar refractivity (Wildman–Crippen MR) is 132 cm³/mol. The zero-order valence-corrected chi connectivity index (χ0v) is 20.8. The number of benzene rings is 2. The number of amides is 2. The lowest BCUT2D eigenvalue weighted by Crippen LogP contribution is -2.47. The number of methoxy groups -OCH3 is 2. The van der Waals surface area contributed by atoms with Crippen LogP contribution in [0, 0.1) is 10.1 Å². The molecule has 2 rings (SSSR count). The Kier molecular flexibility index (Phi) is 11.6. The number of esters is 2. The Labute approximate surface area is 218 Å². The van der Waals surface area contributed by atoms with Crippen LogP contribution in [0.25, 0.3) is 0 Å². The van der Waals surface area contributed by atoms with Gasteiger partial charge in [-0.05, 0) is 11.1 Å². The van der Waals surface area contributed by atoms with E-state index in [1.165, 1.54) is 24.3 Å². The molecule has 0 unspecified atom stereocenters. The molecular weight excluding hydrogens is 502 g/mol. The van der Waals surface area contributed by atoms with Gasteiger partial charge in [-0.25, -0.2) is 9.59 Å². The first-order valence-corrected chi connectivity index (χ1v) is 11.5. The predicted octanol–water partition coefficient (Wildman–Crippen LogP) is 1.58. The van der Waals surface area contributed by atoms with Crippen LogP contribution in [0.4, 0.5) is 10.5 Å². The molecule has 13 nitrogen and oxygen atoms in total. The summed E-state index contributed by atoms with van der Waals surface area (Å²) < 4.78 is 14.5. The standard InChI is InChI=1S/C25H29N3O10/c1-36-22(31)13-20(17-8-10-18(11-9-17)28(34)35)23(24(32)37-2)27-21(30)12-19(29)14-26-25(33)38-15-16-6-4-3-5-7-16/h3-11,19-20,23,29H,12-15H2,1-2H3,(H,26,33)(H,27,30)/t19-,20+,23-/m1/s1. The molecule has 2 aromatic carbocycles. The number of carbonyl (C=O) groups is 4. The fourth-order valence-electron chi connectivity index (χ4n) is 3.48. The van der Waals surface area contributed by atoms with Crippen molar-refractivity contribution in [2.75, 3.05) is 20.8 Å². The summed E-state index contributed by atoms with van der Waals surface area (Å²) in [5.41, 5.74) is 0.896. The number of hydrogen-bond acceptors (Lipinski definition) is 10. The molecule has 2 amide bonds. The van der Waals surface area contributed by atoms with E-state index >= 15 is 0 Å². The van der Waals surface area contributed by atoms with E-state index in [1.807, 2.05) is 6.07 Å². The number of alkyl carbamates (subject to hydrolysis) is 1. The van der Waals surface area contributed by atoms with Gasteiger partial charge in [0.15, 0.2) is 0 Å². The molecule has 2 aromatic rings. The van der Waals surface area contributed by atoms with E-state index in [1.54, 1.807) is 24.3 Å². The third-order valence-electron chi connectivity index (χ3n) is 5.44. The van der Waals surface area contributed by atoms with Gasteiger partial charge in [-0.2, -0.15) is 0 Å². The highest BCUT2D eigenvalue weighted by Crippen LogP contribution is 2.27. The monoisotopic (exact) mass is 531 g/mol. The van der Waals surface area contributed by atoms with Crippen molar-refractivity contribution in [3.05, 3.63) is 75.8 Å². The van der Waals surface area contributed by atoms with Gasteiger partial charge in [0.2, 0.25) is 5.91 Å². The van der Waals surface area contributed by atoms with Crippen molar-refractivity contribution in [1.82, 2.24) is 10.6 Å². The maximum absolute atomic E-state index is 12.6. The first-order valence-electron chi connectivity index (χ1n) is 11.5. The van der Waals surface area contributed by atoms with Gasteiger partial charge in [0.1, 0.15) is 12.6 Å². The van der Waals surface area contributed by atoms with Crippen molar-refractivity contribution in [1.29, 1.82) is 0 Å².